The zero-order valence-electron chi connectivity index (χ0n) is 15.6. The van der Waals surface area contributed by atoms with Crippen molar-refractivity contribution in [3.8, 4) is 0 Å². The molecular formula is C22H30N2O2. The molecule has 1 saturated heterocycles. The molecule has 1 aliphatic carbocycles. The van der Waals surface area contributed by atoms with Gasteiger partial charge in [-0.15, -0.1) is 0 Å². The number of carbonyl (C=O) groups excluding carboxylic acids is 2. The molecule has 1 aromatic carbocycles. The lowest BCUT2D eigenvalue weighted by atomic mass is 9.95. The minimum Gasteiger partial charge on any atom is -0.355 e. The molecule has 4 nitrogen and oxygen atoms in total. The summed E-state index contributed by atoms with van der Waals surface area (Å²) in [7, 11) is 0. The largest absolute Gasteiger partial charge is 0.355 e. The van der Waals surface area contributed by atoms with Gasteiger partial charge < -0.3 is 10.2 Å². The van der Waals surface area contributed by atoms with Gasteiger partial charge in [-0.25, -0.2) is 0 Å². The van der Waals surface area contributed by atoms with Crippen LogP contribution in [0.15, 0.2) is 42.0 Å². The van der Waals surface area contributed by atoms with Crippen molar-refractivity contribution in [3.63, 3.8) is 0 Å². The van der Waals surface area contributed by atoms with E-state index in [1.165, 1.54) is 31.3 Å². The Kier molecular flexibility index (Phi) is 6.87. The van der Waals surface area contributed by atoms with E-state index in [2.05, 4.69) is 11.4 Å². The topological polar surface area (TPSA) is 49.4 Å². The number of likely N-dealkylation sites (tertiary alicyclic amines) is 1. The Morgan fingerprint density at radius 1 is 1.12 bits per heavy atom. The van der Waals surface area contributed by atoms with Crippen LogP contribution < -0.4 is 5.32 Å². The second-order valence-corrected chi connectivity index (χ2v) is 7.49. The summed E-state index contributed by atoms with van der Waals surface area (Å²) < 4.78 is 0. The van der Waals surface area contributed by atoms with Crippen molar-refractivity contribution >= 4 is 11.8 Å². The van der Waals surface area contributed by atoms with Crippen LogP contribution in [0.25, 0.3) is 0 Å². The summed E-state index contributed by atoms with van der Waals surface area (Å²) >= 11 is 0. The maximum atomic E-state index is 12.5. The van der Waals surface area contributed by atoms with Crippen molar-refractivity contribution in [2.75, 3.05) is 19.6 Å². The van der Waals surface area contributed by atoms with Crippen molar-refractivity contribution in [2.24, 2.45) is 5.92 Å². The van der Waals surface area contributed by atoms with E-state index in [1.54, 1.807) is 0 Å². The van der Waals surface area contributed by atoms with E-state index in [1.807, 2.05) is 35.2 Å². The van der Waals surface area contributed by atoms with Crippen LogP contribution in [0.5, 0.6) is 0 Å². The maximum Gasteiger partial charge on any atom is 0.227 e. The standard InChI is InChI=1S/C22H30N2O2/c25-21(16-19-10-5-2-6-11-19)24-15-7-12-20(17-24)22(26)23-14-13-18-8-3-1-4-9-18/h2,5-6,8,10-11,20H,1,3-4,7,9,12-17H2,(H,23,26). The first-order chi connectivity index (χ1) is 12.7. The summed E-state index contributed by atoms with van der Waals surface area (Å²) in [5, 5.41) is 3.09. The maximum absolute atomic E-state index is 12.5. The molecule has 1 aliphatic heterocycles. The molecule has 1 atom stereocenters. The molecule has 0 saturated carbocycles. The normalized spacial score (nSPS) is 20.4. The number of hydrogen-bond acceptors (Lipinski definition) is 2. The van der Waals surface area contributed by atoms with Crippen LogP contribution in [0, 0.1) is 5.92 Å². The molecular weight excluding hydrogens is 324 g/mol. The smallest absolute Gasteiger partial charge is 0.227 e. The number of amides is 2. The highest BCUT2D eigenvalue weighted by atomic mass is 16.2. The number of nitrogens with zero attached hydrogens (tertiary/aromatic N) is 1. The second-order valence-electron chi connectivity index (χ2n) is 7.49. The molecule has 1 N–H and O–H groups in total. The van der Waals surface area contributed by atoms with Gasteiger partial charge in [-0.3, -0.25) is 9.59 Å². The molecule has 140 valence electrons. The fourth-order valence-electron chi connectivity index (χ4n) is 3.92. The summed E-state index contributed by atoms with van der Waals surface area (Å²) in [6, 6.07) is 9.82. The lowest BCUT2D eigenvalue weighted by Gasteiger charge is -2.32. The third kappa shape index (κ3) is 5.45. The molecule has 2 amide bonds. The first kappa shape index (κ1) is 18.7. The van der Waals surface area contributed by atoms with E-state index < -0.39 is 0 Å². The predicted octanol–water partition coefficient (Wildman–Crippen LogP) is 3.47. The Balaban J connectivity index is 1.44. The molecule has 1 heterocycles. The van der Waals surface area contributed by atoms with Crippen LogP contribution in [0.3, 0.4) is 0 Å². The fraction of sp³-hybridized carbons (Fsp3) is 0.545. The van der Waals surface area contributed by atoms with E-state index in [9.17, 15) is 9.59 Å². The minimum atomic E-state index is -0.0659. The first-order valence-corrected chi connectivity index (χ1v) is 9.99. The van der Waals surface area contributed by atoms with Crippen molar-refractivity contribution in [2.45, 2.75) is 51.4 Å². The predicted molar refractivity (Wildman–Crippen MR) is 104 cm³/mol. The summed E-state index contributed by atoms with van der Waals surface area (Å²) in [6.45, 7) is 2.04. The van der Waals surface area contributed by atoms with Gasteiger partial charge in [0.15, 0.2) is 0 Å². The van der Waals surface area contributed by atoms with E-state index in [-0.39, 0.29) is 17.7 Å². The molecule has 2 aliphatic rings. The summed E-state index contributed by atoms with van der Waals surface area (Å²) in [5.41, 5.74) is 2.52. The number of nitrogens with one attached hydrogen (secondary N) is 1. The van der Waals surface area contributed by atoms with Crippen LogP contribution in [0.4, 0.5) is 0 Å². The number of allylic oxidation sites excluding steroid dienone is 1. The monoisotopic (exact) mass is 354 g/mol. The number of carbonyl (C=O) groups is 2. The van der Waals surface area contributed by atoms with Crippen molar-refractivity contribution in [1.29, 1.82) is 0 Å². The molecule has 4 heteroatoms. The molecule has 1 fully saturated rings. The van der Waals surface area contributed by atoms with Crippen LogP contribution in [0.1, 0.15) is 50.5 Å². The molecule has 3 rings (SSSR count). The van der Waals surface area contributed by atoms with Crippen LogP contribution in [-0.4, -0.2) is 36.3 Å². The zero-order valence-corrected chi connectivity index (χ0v) is 15.6. The summed E-state index contributed by atoms with van der Waals surface area (Å²) in [4.78, 5) is 26.9. The second kappa shape index (κ2) is 9.56. The molecule has 26 heavy (non-hydrogen) atoms. The van der Waals surface area contributed by atoms with Gasteiger partial charge in [-0.1, -0.05) is 42.0 Å². The third-order valence-corrected chi connectivity index (χ3v) is 5.47. The average Bonchev–Trinajstić information content (AvgIpc) is 2.69. The quantitative estimate of drug-likeness (QED) is 0.795. The Hall–Kier alpha value is -2.10. The third-order valence-electron chi connectivity index (χ3n) is 5.47. The lowest BCUT2D eigenvalue weighted by molar-refractivity contribution is -0.135. The van der Waals surface area contributed by atoms with Gasteiger partial charge in [-0.05, 0) is 50.5 Å². The van der Waals surface area contributed by atoms with Crippen molar-refractivity contribution in [1.82, 2.24) is 10.2 Å². The van der Waals surface area contributed by atoms with E-state index in [0.717, 1.165) is 37.9 Å². The minimum absolute atomic E-state index is 0.0659. The van der Waals surface area contributed by atoms with E-state index in [0.29, 0.717) is 13.0 Å². The zero-order chi connectivity index (χ0) is 18.2. The fourth-order valence-corrected chi connectivity index (χ4v) is 3.92. The Labute approximate surface area is 156 Å². The highest BCUT2D eigenvalue weighted by Crippen LogP contribution is 2.20. The van der Waals surface area contributed by atoms with Crippen molar-refractivity contribution < 1.29 is 9.59 Å². The van der Waals surface area contributed by atoms with Gasteiger partial charge in [-0.2, -0.15) is 0 Å². The Bertz CT molecular complexity index is 639. The lowest BCUT2D eigenvalue weighted by Crippen LogP contribution is -2.46. The van der Waals surface area contributed by atoms with Gasteiger partial charge in [0, 0.05) is 19.6 Å². The van der Waals surface area contributed by atoms with E-state index >= 15 is 0 Å². The molecule has 0 bridgehead atoms. The van der Waals surface area contributed by atoms with Gasteiger partial charge in [0.1, 0.15) is 0 Å². The van der Waals surface area contributed by atoms with Crippen molar-refractivity contribution in [3.05, 3.63) is 47.5 Å². The molecule has 1 unspecified atom stereocenters. The number of piperidine rings is 1. The summed E-state index contributed by atoms with van der Waals surface area (Å²) in [5.74, 6) is 0.170. The number of rotatable bonds is 6. The Morgan fingerprint density at radius 3 is 2.73 bits per heavy atom. The molecule has 0 aromatic heterocycles. The Morgan fingerprint density at radius 2 is 1.96 bits per heavy atom. The average molecular weight is 354 g/mol. The highest BCUT2D eigenvalue weighted by Gasteiger charge is 2.28. The molecule has 1 aromatic rings. The number of benzene rings is 1. The first-order valence-electron chi connectivity index (χ1n) is 9.99. The van der Waals surface area contributed by atoms with Crippen LogP contribution >= 0.6 is 0 Å². The van der Waals surface area contributed by atoms with Gasteiger partial charge >= 0.3 is 0 Å². The molecule has 0 radical (unpaired) electrons. The van der Waals surface area contributed by atoms with E-state index in [4.69, 9.17) is 0 Å². The van der Waals surface area contributed by atoms with Gasteiger partial charge in [0.25, 0.3) is 0 Å². The van der Waals surface area contributed by atoms with Gasteiger partial charge in [0.2, 0.25) is 11.8 Å². The van der Waals surface area contributed by atoms with Crippen LogP contribution in [-0.2, 0) is 16.0 Å². The van der Waals surface area contributed by atoms with Gasteiger partial charge in [0.05, 0.1) is 12.3 Å². The number of hydrogen-bond donors (Lipinski definition) is 1. The highest BCUT2D eigenvalue weighted by molar-refractivity contribution is 5.82. The van der Waals surface area contributed by atoms with Crippen LogP contribution in [0.2, 0.25) is 0 Å². The molecule has 0 spiro atoms. The SMILES string of the molecule is O=C(NCCC1=CCCCC1)C1CCCN(C(=O)Cc2ccccc2)C1. The summed E-state index contributed by atoms with van der Waals surface area (Å²) in [6.07, 6.45) is 10.4.